The summed E-state index contributed by atoms with van der Waals surface area (Å²) in [6, 6.07) is 4.93. The van der Waals surface area contributed by atoms with E-state index in [1.165, 1.54) is 12.1 Å². The van der Waals surface area contributed by atoms with Gasteiger partial charge in [-0.25, -0.2) is 22.9 Å². The second kappa shape index (κ2) is 6.41. The number of nitrogens with zero attached hydrogens (tertiary/aromatic N) is 3. The van der Waals surface area contributed by atoms with Crippen LogP contribution in [0.3, 0.4) is 0 Å². The molecule has 1 N–H and O–H groups in total. The number of fused-ring (bicyclic) bond motifs is 1. The Morgan fingerprint density at radius 3 is 2.67 bits per heavy atom. The minimum absolute atomic E-state index is 0.0151. The van der Waals surface area contributed by atoms with Crippen LogP contribution < -0.4 is 5.69 Å². The van der Waals surface area contributed by atoms with E-state index in [1.54, 1.807) is 0 Å². The molecule has 0 aliphatic heterocycles. The molecule has 1 aromatic carbocycles. The van der Waals surface area contributed by atoms with Gasteiger partial charge in [-0.1, -0.05) is 29.8 Å². The predicted octanol–water partition coefficient (Wildman–Crippen LogP) is 2.89. The molecule has 3 aromatic rings. The van der Waals surface area contributed by atoms with Gasteiger partial charge in [-0.05, 0) is 17.7 Å². The molecule has 0 fully saturated rings. The van der Waals surface area contributed by atoms with Crippen molar-refractivity contribution in [2.24, 2.45) is 0 Å². The van der Waals surface area contributed by atoms with Gasteiger partial charge in [0.05, 0.1) is 11.3 Å². The molecular weight excluding hydrogens is 341 g/mol. The summed E-state index contributed by atoms with van der Waals surface area (Å²) in [4.78, 5) is 18.7. The zero-order valence-electron chi connectivity index (χ0n) is 12.0. The molecule has 0 saturated heterocycles. The second-order valence-corrected chi connectivity index (χ2v) is 5.61. The van der Waals surface area contributed by atoms with Crippen LogP contribution in [0.4, 0.5) is 13.2 Å². The molecule has 3 rings (SSSR count). The highest BCUT2D eigenvalue weighted by Gasteiger charge is 2.24. The van der Waals surface area contributed by atoms with E-state index in [0.29, 0.717) is 0 Å². The minimum atomic E-state index is -2.92. The SMILES string of the molecule is C#CCSc1nc2c(-c3ccc(F)cc3)c(C(F)F)nn2c(=O)[nH]1. The molecule has 5 nitrogen and oxygen atoms in total. The zero-order valence-corrected chi connectivity index (χ0v) is 12.8. The summed E-state index contributed by atoms with van der Waals surface area (Å²) < 4.78 is 40.6. The van der Waals surface area contributed by atoms with E-state index in [4.69, 9.17) is 6.42 Å². The van der Waals surface area contributed by atoms with E-state index < -0.39 is 23.6 Å². The first-order chi connectivity index (χ1) is 11.5. The van der Waals surface area contributed by atoms with Gasteiger partial charge in [-0.15, -0.1) is 6.42 Å². The highest BCUT2D eigenvalue weighted by atomic mass is 32.2. The Bertz CT molecular complexity index is 989. The monoisotopic (exact) mass is 350 g/mol. The molecule has 0 bridgehead atoms. The highest BCUT2D eigenvalue weighted by Crippen LogP contribution is 2.33. The van der Waals surface area contributed by atoms with E-state index in [0.717, 1.165) is 28.4 Å². The topological polar surface area (TPSA) is 63.1 Å². The largest absolute Gasteiger partial charge is 0.350 e. The Morgan fingerprint density at radius 2 is 2.04 bits per heavy atom. The summed E-state index contributed by atoms with van der Waals surface area (Å²) in [5.41, 5.74) is -1.08. The Hall–Kier alpha value is -2.73. The fourth-order valence-corrected chi connectivity index (χ4v) is 2.69. The van der Waals surface area contributed by atoms with Crippen LogP contribution in [-0.2, 0) is 0 Å². The van der Waals surface area contributed by atoms with Crippen LogP contribution in [-0.4, -0.2) is 25.3 Å². The maximum absolute atomic E-state index is 13.3. The lowest BCUT2D eigenvalue weighted by Crippen LogP contribution is -2.19. The van der Waals surface area contributed by atoms with Crippen molar-refractivity contribution in [2.45, 2.75) is 11.6 Å². The molecule has 0 spiro atoms. The number of hydrogen-bond acceptors (Lipinski definition) is 4. The summed E-state index contributed by atoms with van der Waals surface area (Å²) in [5.74, 6) is 2.12. The van der Waals surface area contributed by atoms with Gasteiger partial charge in [0.25, 0.3) is 6.43 Å². The first-order valence-electron chi connectivity index (χ1n) is 6.64. The van der Waals surface area contributed by atoms with Gasteiger partial charge in [0, 0.05) is 0 Å². The summed E-state index contributed by atoms with van der Waals surface area (Å²) in [7, 11) is 0. The van der Waals surface area contributed by atoms with Crippen molar-refractivity contribution in [3.05, 3.63) is 46.3 Å². The molecule has 2 aromatic heterocycles. The molecule has 24 heavy (non-hydrogen) atoms. The van der Waals surface area contributed by atoms with Crippen LogP contribution in [0.15, 0.2) is 34.2 Å². The molecule has 0 atom stereocenters. The fourth-order valence-electron chi connectivity index (χ4n) is 2.16. The zero-order chi connectivity index (χ0) is 17.3. The van der Waals surface area contributed by atoms with Crippen LogP contribution in [0.25, 0.3) is 16.8 Å². The molecule has 0 aliphatic rings. The van der Waals surface area contributed by atoms with Gasteiger partial charge in [0.2, 0.25) is 0 Å². The lowest BCUT2D eigenvalue weighted by molar-refractivity contribution is 0.146. The number of rotatable bonds is 4. The molecule has 0 unspecified atom stereocenters. The quantitative estimate of drug-likeness (QED) is 0.581. The van der Waals surface area contributed by atoms with Gasteiger partial charge >= 0.3 is 5.69 Å². The van der Waals surface area contributed by atoms with Crippen LogP contribution in [0.5, 0.6) is 0 Å². The van der Waals surface area contributed by atoms with Crippen molar-refractivity contribution in [3.63, 3.8) is 0 Å². The van der Waals surface area contributed by atoms with E-state index in [-0.39, 0.29) is 27.7 Å². The van der Waals surface area contributed by atoms with Crippen molar-refractivity contribution in [3.8, 4) is 23.5 Å². The van der Waals surface area contributed by atoms with Crippen LogP contribution in [0, 0.1) is 18.2 Å². The number of halogens is 3. The third-order valence-corrected chi connectivity index (χ3v) is 3.91. The van der Waals surface area contributed by atoms with Gasteiger partial charge in [-0.2, -0.15) is 9.61 Å². The number of benzene rings is 1. The number of H-pyrrole nitrogens is 1. The molecule has 0 aliphatic carbocycles. The van der Waals surface area contributed by atoms with Crippen molar-refractivity contribution in [2.75, 3.05) is 5.75 Å². The van der Waals surface area contributed by atoms with Gasteiger partial charge in [0.15, 0.2) is 10.8 Å². The van der Waals surface area contributed by atoms with E-state index in [9.17, 15) is 18.0 Å². The molecule has 9 heteroatoms. The minimum Gasteiger partial charge on any atom is -0.285 e. The van der Waals surface area contributed by atoms with E-state index >= 15 is 0 Å². The number of thioether (sulfide) groups is 1. The van der Waals surface area contributed by atoms with E-state index in [1.807, 2.05) is 0 Å². The molecule has 0 saturated carbocycles. The van der Waals surface area contributed by atoms with Crippen molar-refractivity contribution in [1.82, 2.24) is 19.6 Å². The lowest BCUT2D eigenvalue weighted by atomic mass is 10.1. The lowest BCUT2D eigenvalue weighted by Gasteiger charge is -2.03. The number of hydrogen-bond donors (Lipinski definition) is 1. The number of nitrogens with one attached hydrogen (secondary N) is 1. The molecule has 0 radical (unpaired) electrons. The Labute approximate surface area is 137 Å². The smallest absolute Gasteiger partial charge is 0.285 e. The molecule has 122 valence electrons. The maximum Gasteiger partial charge on any atom is 0.350 e. The summed E-state index contributed by atoms with van der Waals surface area (Å²) >= 11 is 1.08. The summed E-state index contributed by atoms with van der Waals surface area (Å²) in [6.07, 6.45) is 2.24. The maximum atomic E-state index is 13.3. The summed E-state index contributed by atoms with van der Waals surface area (Å²) in [6.45, 7) is 0. The summed E-state index contributed by atoms with van der Waals surface area (Å²) in [5, 5.41) is 3.84. The Balaban J connectivity index is 2.29. The van der Waals surface area contributed by atoms with Crippen LogP contribution >= 0.6 is 11.8 Å². The number of aromatic nitrogens is 4. The number of aromatic amines is 1. The highest BCUT2D eigenvalue weighted by molar-refractivity contribution is 7.99. The Morgan fingerprint density at radius 1 is 1.33 bits per heavy atom. The average molecular weight is 350 g/mol. The third kappa shape index (κ3) is 2.88. The predicted molar refractivity (Wildman–Crippen MR) is 83.5 cm³/mol. The molecular formula is C15H9F3N4OS. The first kappa shape index (κ1) is 16.1. The number of alkyl halides is 2. The number of terminal acetylenes is 1. The van der Waals surface area contributed by atoms with Gasteiger partial charge in [0.1, 0.15) is 11.5 Å². The second-order valence-electron chi connectivity index (χ2n) is 4.64. The molecule has 0 amide bonds. The normalized spacial score (nSPS) is 11.1. The standard InChI is InChI=1S/C15H9F3N4OS/c1-2-7-24-14-19-13-10(8-3-5-9(16)6-4-8)11(12(17)18)21-22(13)15(23)20-14/h1,3-6,12H,7H2,(H,19,20,23). The fraction of sp³-hybridized carbons (Fsp3) is 0.133. The average Bonchev–Trinajstić information content (AvgIpc) is 2.94. The van der Waals surface area contributed by atoms with Crippen molar-refractivity contribution < 1.29 is 13.2 Å². The van der Waals surface area contributed by atoms with Crippen molar-refractivity contribution >= 4 is 17.4 Å². The van der Waals surface area contributed by atoms with Gasteiger partial charge < -0.3 is 0 Å². The van der Waals surface area contributed by atoms with E-state index in [2.05, 4.69) is 21.0 Å². The Kier molecular flexibility index (Phi) is 4.31. The molecule has 2 heterocycles. The first-order valence-corrected chi connectivity index (χ1v) is 7.63. The van der Waals surface area contributed by atoms with Crippen LogP contribution in [0.1, 0.15) is 12.1 Å². The van der Waals surface area contributed by atoms with Crippen LogP contribution in [0.2, 0.25) is 0 Å². The van der Waals surface area contributed by atoms with Crippen molar-refractivity contribution in [1.29, 1.82) is 0 Å². The third-order valence-electron chi connectivity index (χ3n) is 3.13. The van der Waals surface area contributed by atoms with Gasteiger partial charge in [-0.3, -0.25) is 4.98 Å².